The molecule has 1 aromatic heterocycles. The lowest BCUT2D eigenvalue weighted by Gasteiger charge is -2.42. The highest BCUT2D eigenvalue weighted by atomic mass is 16.5. The zero-order valence-corrected chi connectivity index (χ0v) is 16.5. The van der Waals surface area contributed by atoms with Gasteiger partial charge >= 0.3 is 0 Å². The van der Waals surface area contributed by atoms with Crippen molar-refractivity contribution in [3.8, 4) is 5.75 Å². The molecule has 2 aromatic carbocycles. The van der Waals surface area contributed by atoms with Crippen molar-refractivity contribution in [3.63, 3.8) is 0 Å². The molecule has 144 valence electrons. The quantitative estimate of drug-likeness (QED) is 0.646. The molecule has 2 heterocycles. The fraction of sp³-hybridized carbons (Fsp3) is 0.375. The van der Waals surface area contributed by atoms with Crippen molar-refractivity contribution >= 4 is 16.6 Å². The Hall–Kier alpha value is -2.59. The molecule has 1 aliphatic carbocycles. The molecular weight excluding hydrogens is 346 g/mol. The van der Waals surface area contributed by atoms with Crippen LogP contribution in [0.1, 0.15) is 36.8 Å². The van der Waals surface area contributed by atoms with Crippen LogP contribution in [0, 0.1) is 0 Å². The summed E-state index contributed by atoms with van der Waals surface area (Å²) in [5.74, 6) is 0.860. The summed E-state index contributed by atoms with van der Waals surface area (Å²) in [6.45, 7) is 2.89. The van der Waals surface area contributed by atoms with Gasteiger partial charge in [0.25, 0.3) is 0 Å². The van der Waals surface area contributed by atoms with Crippen LogP contribution in [-0.4, -0.2) is 29.7 Å². The summed E-state index contributed by atoms with van der Waals surface area (Å²) in [5, 5.41) is 1.23. The first-order valence-electron chi connectivity index (χ1n) is 10.3. The Morgan fingerprint density at radius 3 is 2.64 bits per heavy atom. The van der Waals surface area contributed by atoms with E-state index >= 15 is 0 Å². The number of methoxy groups -OCH3 is 1. The summed E-state index contributed by atoms with van der Waals surface area (Å²) < 4.78 is 5.59. The van der Waals surface area contributed by atoms with E-state index in [4.69, 9.17) is 9.72 Å². The average Bonchev–Trinajstić information content (AvgIpc) is 3.28. The first kappa shape index (κ1) is 17.5. The Morgan fingerprint density at radius 2 is 1.86 bits per heavy atom. The van der Waals surface area contributed by atoms with Gasteiger partial charge in [0.05, 0.1) is 19.5 Å². The molecule has 0 unspecified atom stereocenters. The molecule has 1 saturated carbocycles. The molecule has 0 saturated heterocycles. The van der Waals surface area contributed by atoms with Crippen molar-refractivity contribution < 1.29 is 4.74 Å². The van der Waals surface area contributed by atoms with Gasteiger partial charge in [0.15, 0.2) is 0 Å². The Kier molecular flexibility index (Phi) is 4.65. The topological polar surface area (TPSA) is 28.6 Å². The summed E-state index contributed by atoms with van der Waals surface area (Å²) >= 11 is 0. The number of benzene rings is 2. The minimum absolute atomic E-state index is 0.620. The van der Waals surface area contributed by atoms with E-state index in [9.17, 15) is 0 Å². The summed E-state index contributed by atoms with van der Waals surface area (Å²) in [7, 11) is 1.73. The minimum atomic E-state index is 0.620. The highest BCUT2D eigenvalue weighted by molar-refractivity contribution is 5.97. The Labute approximate surface area is 166 Å². The van der Waals surface area contributed by atoms with Gasteiger partial charge in [-0.1, -0.05) is 55.3 Å². The molecule has 2 aliphatic rings. The van der Waals surface area contributed by atoms with Crippen LogP contribution in [0.5, 0.6) is 5.75 Å². The number of aromatic nitrogens is 1. The second-order valence-electron chi connectivity index (χ2n) is 8.01. The van der Waals surface area contributed by atoms with Gasteiger partial charge in [-0.05, 0) is 24.5 Å². The number of anilines is 1. The number of hydrogen-bond donors (Lipinski definition) is 0. The second kappa shape index (κ2) is 7.44. The van der Waals surface area contributed by atoms with Crippen LogP contribution in [0.2, 0.25) is 0 Å². The molecule has 0 radical (unpaired) electrons. The Bertz CT molecular complexity index is 966. The monoisotopic (exact) mass is 373 g/mol. The molecule has 28 heavy (non-hydrogen) atoms. The van der Waals surface area contributed by atoms with E-state index in [1.807, 2.05) is 6.07 Å². The zero-order chi connectivity index (χ0) is 18.9. The van der Waals surface area contributed by atoms with Gasteiger partial charge in [-0.25, -0.2) is 0 Å². The van der Waals surface area contributed by atoms with Gasteiger partial charge in [-0.2, -0.15) is 0 Å². The average molecular weight is 374 g/mol. The molecule has 5 rings (SSSR count). The lowest BCUT2D eigenvalue weighted by molar-refractivity contribution is 0.234. The number of rotatable bonds is 4. The highest BCUT2D eigenvalue weighted by Gasteiger charge is 2.31. The second-order valence-corrected chi connectivity index (χ2v) is 8.01. The van der Waals surface area contributed by atoms with Gasteiger partial charge in [-0.3, -0.25) is 9.88 Å². The van der Waals surface area contributed by atoms with Crippen LogP contribution in [0.3, 0.4) is 0 Å². The molecule has 0 atom stereocenters. The number of para-hydroxylation sites is 1. The Balaban J connectivity index is 1.57. The summed E-state index contributed by atoms with van der Waals surface area (Å²) in [4.78, 5) is 9.99. The molecule has 1 fully saturated rings. The normalized spacial score (nSPS) is 17.8. The first-order chi connectivity index (χ1) is 13.8. The van der Waals surface area contributed by atoms with E-state index in [1.165, 1.54) is 47.9 Å². The van der Waals surface area contributed by atoms with E-state index in [0.29, 0.717) is 6.04 Å². The van der Waals surface area contributed by atoms with Crippen molar-refractivity contribution in [2.75, 3.05) is 18.7 Å². The van der Waals surface area contributed by atoms with Gasteiger partial charge in [-0.15, -0.1) is 0 Å². The largest absolute Gasteiger partial charge is 0.494 e. The predicted molar refractivity (Wildman–Crippen MR) is 114 cm³/mol. The fourth-order valence-corrected chi connectivity index (χ4v) is 4.88. The molecule has 0 bridgehead atoms. The molecule has 0 N–H and O–H groups in total. The number of nitrogens with zero attached hydrogens (tertiary/aromatic N) is 3. The van der Waals surface area contributed by atoms with Crippen LogP contribution in [0.25, 0.3) is 10.9 Å². The zero-order valence-electron chi connectivity index (χ0n) is 16.5. The van der Waals surface area contributed by atoms with Gasteiger partial charge in [0.1, 0.15) is 11.3 Å². The van der Waals surface area contributed by atoms with Crippen molar-refractivity contribution in [1.82, 2.24) is 9.88 Å². The smallest absolute Gasteiger partial charge is 0.145 e. The predicted octanol–water partition coefficient (Wildman–Crippen LogP) is 4.97. The van der Waals surface area contributed by atoms with Crippen molar-refractivity contribution in [2.24, 2.45) is 0 Å². The van der Waals surface area contributed by atoms with Crippen LogP contribution in [-0.2, 0) is 13.1 Å². The highest BCUT2D eigenvalue weighted by Crippen LogP contribution is 2.40. The molecule has 1 aliphatic heterocycles. The third-order valence-electron chi connectivity index (χ3n) is 6.18. The van der Waals surface area contributed by atoms with Crippen LogP contribution in [0.15, 0.2) is 54.7 Å². The number of pyridine rings is 1. The van der Waals surface area contributed by atoms with E-state index in [2.05, 4.69) is 58.5 Å². The summed E-state index contributed by atoms with van der Waals surface area (Å²) in [6.07, 6.45) is 7.31. The summed E-state index contributed by atoms with van der Waals surface area (Å²) in [6, 6.07) is 17.7. The van der Waals surface area contributed by atoms with Crippen LogP contribution < -0.4 is 9.64 Å². The van der Waals surface area contributed by atoms with Gasteiger partial charge in [0.2, 0.25) is 0 Å². The number of ether oxygens (including phenoxy) is 1. The Morgan fingerprint density at radius 1 is 1.04 bits per heavy atom. The van der Waals surface area contributed by atoms with Gasteiger partial charge < -0.3 is 9.64 Å². The maximum atomic E-state index is 5.59. The first-order valence-corrected chi connectivity index (χ1v) is 10.3. The molecule has 4 nitrogen and oxygen atoms in total. The van der Waals surface area contributed by atoms with Crippen molar-refractivity contribution in [2.45, 2.75) is 44.8 Å². The van der Waals surface area contributed by atoms with Crippen LogP contribution >= 0.6 is 0 Å². The maximum Gasteiger partial charge on any atom is 0.145 e. The third-order valence-corrected chi connectivity index (χ3v) is 6.18. The molecule has 0 amide bonds. The summed E-state index contributed by atoms with van der Waals surface area (Å²) in [5.41, 5.74) is 5.05. The lowest BCUT2D eigenvalue weighted by atomic mass is 10.0. The molecular formula is C24H27N3O. The minimum Gasteiger partial charge on any atom is -0.494 e. The third kappa shape index (κ3) is 3.12. The van der Waals surface area contributed by atoms with Gasteiger partial charge in [0, 0.05) is 36.3 Å². The SMILES string of the molecule is COc1cccc2c3c(cnc12)CN(Cc1ccccc1)CN3C1CCCC1. The van der Waals surface area contributed by atoms with E-state index in [0.717, 1.165) is 31.0 Å². The van der Waals surface area contributed by atoms with E-state index in [1.54, 1.807) is 7.11 Å². The van der Waals surface area contributed by atoms with Crippen molar-refractivity contribution in [3.05, 3.63) is 65.9 Å². The fourth-order valence-electron chi connectivity index (χ4n) is 4.88. The standard InChI is InChI=1S/C24H27N3O/c1-28-22-13-7-12-21-23(22)25-14-19-16-26(15-18-8-3-2-4-9-18)17-27(24(19)21)20-10-5-6-11-20/h2-4,7-9,12-14,20H,5-6,10-11,15-17H2,1H3. The van der Waals surface area contributed by atoms with E-state index in [-0.39, 0.29) is 0 Å². The maximum absolute atomic E-state index is 5.59. The molecule has 4 heteroatoms. The van der Waals surface area contributed by atoms with Crippen LogP contribution in [0.4, 0.5) is 5.69 Å². The van der Waals surface area contributed by atoms with E-state index < -0.39 is 0 Å². The molecule has 3 aromatic rings. The number of fused-ring (bicyclic) bond motifs is 3. The number of hydrogen-bond acceptors (Lipinski definition) is 4. The van der Waals surface area contributed by atoms with Crippen molar-refractivity contribution in [1.29, 1.82) is 0 Å². The lowest BCUT2D eigenvalue weighted by Crippen LogP contribution is -2.46. The molecule has 0 spiro atoms.